The second-order valence-corrected chi connectivity index (χ2v) is 4.32. The summed E-state index contributed by atoms with van der Waals surface area (Å²) in [6.45, 7) is 0. The van der Waals surface area contributed by atoms with Gasteiger partial charge < -0.3 is 10.5 Å². The lowest BCUT2D eigenvalue weighted by molar-refractivity contribution is 0.410. The van der Waals surface area contributed by atoms with Gasteiger partial charge in [-0.25, -0.2) is 0 Å². The van der Waals surface area contributed by atoms with Crippen LogP contribution in [0.3, 0.4) is 0 Å². The number of hydrogen-bond acceptors (Lipinski definition) is 2. The predicted molar refractivity (Wildman–Crippen MR) is 71.9 cm³/mol. The van der Waals surface area contributed by atoms with Gasteiger partial charge in [0.1, 0.15) is 5.75 Å². The van der Waals surface area contributed by atoms with Crippen molar-refractivity contribution in [3.63, 3.8) is 0 Å². The van der Waals surface area contributed by atoms with Crippen LogP contribution in [0.5, 0.6) is 5.75 Å². The minimum absolute atomic E-state index is 0.952. The van der Waals surface area contributed by atoms with Crippen molar-refractivity contribution in [3.05, 3.63) is 47.2 Å². The van der Waals surface area contributed by atoms with Crippen molar-refractivity contribution in [1.82, 2.24) is 0 Å². The van der Waals surface area contributed by atoms with Crippen LogP contribution in [0.25, 0.3) is 6.08 Å². The zero-order chi connectivity index (χ0) is 12.1. The maximum atomic E-state index is 5.49. The van der Waals surface area contributed by atoms with Crippen molar-refractivity contribution in [2.75, 3.05) is 7.11 Å². The Labute approximate surface area is 103 Å². The molecule has 0 amide bonds. The molecule has 0 saturated carbocycles. The average Bonchev–Trinajstić information content (AvgIpc) is 2.84. The van der Waals surface area contributed by atoms with Gasteiger partial charge >= 0.3 is 0 Å². The van der Waals surface area contributed by atoms with E-state index in [1.807, 2.05) is 18.2 Å². The molecule has 0 bridgehead atoms. The van der Waals surface area contributed by atoms with Crippen LogP contribution in [-0.2, 0) is 6.42 Å². The standard InChI is InChI=1S/C15H19NO/c1-17-15-8-4-7-13(9-10-16)14(15)11-12-5-2-3-6-12/h4-5,7-10H,2-3,6,11,16H2,1H3. The molecule has 2 heteroatoms. The lowest BCUT2D eigenvalue weighted by atomic mass is 9.98. The summed E-state index contributed by atoms with van der Waals surface area (Å²) in [5.41, 5.74) is 9.40. The fraction of sp³-hybridized carbons (Fsp3) is 0.333. The van der Waals surface area contributed by atoms with E-state index in [2.05, 4.69) is 12.1 Å². The van der Waals surface area contributed by atoms with E-state index in [4.69, 9.17) is 10.5 Å². The normalized spacial score (nSPS) is 15.2. The molecule has 0 heterocycles. The molecule has 1 aliphatic carbocycles. The highest BCUT2D eigenvalue weighted by molar-refractivity contribution is 5.58. The van der Waals surface area contributed by atoms with Gasteiger partial charge in [0, 0.05) is 5.56 Å². The van der Waals surface area contributed by atoms with Crippen LogP contribution in [-0.4, -0.2) is 7.11 Å². The van der Waals surface area contributed by atoms with E-state index < -0.39 is 0 Å². The summed E-state index contributed by atoms with van der Waals surface area (Å²) in [7, 11) is 1.72. The highest BCUT2D eigenvalue weighted by Gasteiger charge is 2.11. The molecule has 2 nitrogen and oxygen atoms in total. The van der Waals surface area contributed by atoms with Gasteiger partial charge in [0.05, 0.1) is 7.11 Å². The summed E-state index contributed by atoms with van der Waals surface area (Å²) in [6, 6.07) is 6.09. The van der Waals surface area contributed by atoms with Gasteiger partial charge in [0.25, 0.3) is 0 Å². The molecule has 17 heavy (non-hydrogen) atoms. The number of rotatable bonds is 4. The zero-order valence-corrected chi connectivity index (χ0v) is 10.3. The third kappa shape index (κ3) is 2.70. The minimum Gasteiger partial charge on any atom is -0.496 e. The van der Waals surface area contributed by atoms with Gasteiger partial charge in [0.2, 0.25) is 0 Å². The molecule has 0 radical (unpaired) electrons. The molecule has 0 atom stereocenters. The number of allylic oxidation sites excluding steroid dienone is 2. The van der Waals surface area contributed by atoms with Gasteiger partial charge in [0.15, 0.2) is 0 Å². The molecule has 2 rings (SSSR count). The van der Waals surface area contributed by atoms with Gasteiger partial charge in [-0.05, 0) is 49.6 Å². The molecule has 1 aromatic rings. The molecular weight excluding hydrogens is 210 g/mol. The molecule has 0 fully saturated rings. The van der Waals surface area contributed by atoms with E-state index in [1.165, 1.54) is 30.4 Å². The third-order valence-electron chi connectivity index (χ3n) is 3.20. The Balaban J connectivity index is 2.33. The first kappa shape index (κ1) is 11.8. The van der Waals surface area contributed by atoms with E-state index in [0.717, 1.165) is 17.7 Å². The largest absolute Gasteiger partial charge is 0.496 e. The summed E-state index contributed by atoms with van der Waals surface area (Å²) in [6.07, 6.45) is 10.6. The summed E-state index contributed by atoms with van der Waals surface area (Å²) >= 11 is 0. The van der Waals surface area contributed by atoms with Crippen molar-refractivity contribution >= 4 is 6.08 Å². The van der Waals surface area contributed by atoms with Crippen LogP contribution in [0, 0.1) is 0 Å². The molecule has 1 aliphatic rings. The average molecular weight is 229 g/mol. The Bertz CT molecular complexity index is 446. The van der Waals surface area contributed by atoms with E-state index in [0.29, 0.717) is 0 Å². The number of ether oxygens (including phenoxy) is 1. The molecule has 0 spiro atoms. The SMILES string of the molecule is COc1cccc(C=CN)c1CC1=CCCC1. The third-order valence-corrected chi connectivity index (χ3v) is 3.20. The van der Waals surface area contributed by atoms with Crippen LogP contribution in [0.15, 0.2) is 36.0 Å². The fourth-order valence-electron chi connectivity index (χ4n) is 2.35. The quantitative estimate of drug-likeness (QED) is 0.804. The molecule has 0 unspecified atom stereocenters. The first-order valence-electron chi connectivity index (χ1n) is 6.07. The summed E-state index contributed by atoms with van der Waals surface area (Å²) in [5, 5.41) is 0. The van der Waals surface area contributed by atoms with Crippen LogP contribution in [0.2, 0.25) is 0 Å². The topological polar surface area (TPSA) is 35.2 Å². The second kappa shape index (κ2) is 5.58. The van der Waals surface area contributed by atoms with Crippen LogP contribution in [0.1, 0.15) is 30.4 Å². The molecule has 1 aromatic carbocycles. The Morgan fingerprint density at radius 1 is 1.41 bits per heavy atom. The molecule has 0 aliphatic heterocycles. The van der Waals surface area contributed by atoms with Gasteiger partial charge in [-0.3, -0.25) is 0 Å². The number of benzene rings is 1. The molecule has 0 saturated heterocycles. The summed E-state index contributed by atoms with van der Waals surface area (Å²) in [5.74, 6) is 0.952. The molecule has 2 N–H and O–H groups in total. The Kier molecular flexibility index (Phi) is 3.86. The van der Waals surface area contributed by atoms with Gasteiger partial charge in [-0.1, -0.05) is 23.8 Å². The lowest BCUT2D eigenvalue weighted by Crippen LogP contribution is -1.97. The highest BCUT2D eigenvalue weighted by atomic mass is 16.5. The second-order valence-electron chi connectivity index (χ2n) is 4.32. The van der Waals surface area contributed by atoms with E-state index in [1.54, 1.807) is 13.3 Å². The lowest BCUT2D eigenvalue weighted by Gasteiger charge is -2.12. The highest BCUT2D eigenvalue weighted by Crippen LogP contribution is 2.29. The minimum atomic E-state index is 0.952. The first-order valence-corrected chi connectivity index (χ1v) is 6.07. The van der Waals surface area contributed by atoms with Crippen molar-refractivity contribution in [2.24, 2.45) is 5.73 Å². The van der Waals surface area contributed by atoms with Gasteiger partial charge in [-0.2, -0.15) is 0 Å². The van der Waals surface area contributed by atoms with E-state index in [-0.39, 0.29) is 0 Å². The van der Waals surface area contributed by atoms with Crippen LogP contribution < -0.4 is 10.5 Å². The van der Waals surface area contributed by atoms with E-state index >= 15 is 0 Å². The fourth-order valence-corrected chi connectivity index (χ4v) is 2.35. The number of hydrogen-bond donors (Lipinski definition) is 1. The maximum Gasteiger partial charge on any atom is 0.122 e. The summed E-state index contributed by atoms with van der Waals surface area (Å²) < 4.78 is 5.44. The molecule has 0 aromatic heterocycles. The van der Waals surface area contributed by atoms with Gasteiger partial charge in [-0.15, -0.1) is 0 Å². The predicted octanol–water partition coefficient (Wildman–Crippen LogP) is 3.28. The first-order chi connectivity index (χ1) is 8.35. The van der Waals surface area contributed by atoms with Crippen molar-refractivity contribution in [1.29, 1.82) is 0 Å². The smallest absolute Gasteiger partial charge is 0.122 e. The Morgan fingerprint density at radius 3 is 2.94 bits per heavy atom. The monoisotopic (exact) mass is 229 g/mol. The maximum absolute atomic E-state index is 5.49. The summed E-state index contributed by atoms with van der Waals surface area (Å²) in [4.78, 5) is 0. The molecular formula is C15H19NO. The number of nitrogens with two attached hydrogens (primary N) is 1. The van der Waals surface area contributed by atoms with Crippen molar-refractivity contribution in [2.45, 2.75) is 25.7 Å². The van der Waals surface area contributed by atoms with Crippen molar-refractivity contribution in [3.8, 4) is 5.75 Å². The van der Waals surface area contributed by atoms with Crippen molar-refractivity contribution < 1.29 is 4.74 Å². The van der Waals surface area contributed by atoms with E-state index in [9.17, 15) is 0 Å². The van der Waals surface area contributed by atoms with Crippen LogP contribution in [0.4, 0.5) is 0 Å². The zero-order valence-electron chi connectivity index (χ0n) is 10.3. The Hall–Kier alpha value is -1.70. The van der Waals surface area contributed by atoms with Crippen LogP contribution >= 0.6 is 0 Å². The number of methoxy groups -OCH3 is 1. The Morgan fingerprint density at radius 2 is 2.29 bits per heavy atom. The molecule has 90 valence electrons.